The molecule has 0 saturated heterocycles. The number of hydrogen-bond donors (Lipinski definition) is 1. The maximum absolute atomic E-state index is 4.62. The predicted octanol–water partition coefficient (Wildman–Crippen LogP) is 5.39. The zero-order valence-electron chi connectivity index (χ0n) is 12.0. The van der Waals surface area contributed by atoms with Gasteiger partial charge in [-0.15, -0.1) is 11.3 Å². The summed E-state index contributed by atoms with van der Waals surface area (Å²) in [5, 5.41) is 7.52. The highest BCUT2D eigenvalue weighted by atomic mass is 127. The van der Waals surface area contributed by atoms with Crippen molar-refractivity contribution < 1.29 is 0 Å². The van der Waals surface area contributed by atoms with Crippen molar-refractivity contribution in [3.63, 3.8) is 0 Å². The molecular weight excluding hydrogens is 393 g/mol. The molecule has 0 radical (unpaired) electrons. The number of nitrogens with one attached hydrogen (secondary N) is 1. The van der Waals surface area contributed by atoms with Crippen LogP contribution in [0.2, 0.25) is 0 Å². The quantitative estimate of drug-likeness (QED) is 0.543. The van der Waals surface area contributed by atoms with E-state index < -0.39 is 0 Å². The van der Waals surface area contributed by atoms with Gasteiger partial charge in [0.1, 0.15) is 0 Å². The molecule has 1 saturated carbocycles. The molecule has 1 aliphatic carbocycles. The van der Waals surface area contributed by atoms with Gasteiger partial charge in [-0.2, -0.15) is 5.10 Å². The molecule has 3 rings (SSSR count). The zero-order valence-corrected chi connectivity index (χ0v) is 14.9. The third kappa shape index (κ3) is 3.83. The van der Waals surface area contributed by atoms with Gasteiger partial charge in [0, 0.05) is 20.2 Å². The lowest BCUT2D eigenvalue weighted by atomic mass is 9.89. The molecule has 1 N–H and O–H groups in total. The van der Waals surface area contributed by atoms with E-state index in [9.17, 15) is 0 Å². The van der Waals surface area contributed by atoms with Crippen LogP contribution >= 0.6 is 33.9 Å². The summed E-state index contributed by atoms with van der Waals surface area (Å²) in [6.07, 6.45) is 4.96. The van der Waals surface area contributed by atoms with Crippen molar-refractivity contribution in [3.05, 3.63) is 33.2 Å². The van der Waals surface area contributed by atoms with Crippen molar-refractivity contribution >= 4 is 44.8 Å². The van der Waals surface area contributed by atoms with Gasteiger partial charge in [-0.1, -0.05) is 25.5 Å². The minimum Gasteiger partial charge on any atom is -0.253 e. The molecule has 5 heteroatoms. The largest absolute Gasteiger partial charge is 0.253 e. The Morgan fingerprint density at radius 3 is 2.86 bits per heavy atom. The molecule has 1 aliphatic rings. The highest BCUT2D eigenvalue weighted by molar-refractivity contribution is 14.1. The number of benzene rings is 1. The van der Waals surface area contributed by atoms with Crippen LogP contribution in [0.4, 0.5) is 5.13 Å². The van der Waals surface area contributed by atoms with Crippen molar-refractivity contribution in [1.82, 2.24) is 4.98 Å². The molecule has 3 nitrogen and oxygen atoms in total. The molecule has 2 aromatic rings. The molecule has 21 heavy (non-hydrogen) atoms. The Morgan fingerprint density at radius 1 is 1.29 bits per heavy atom. The number of thiazole rings is 1. The number of hydrogen-bond acceptors (Lipinski definition) is 4. The topological polar surface area (TPSA) is 37.3 Å². The van der Waals surface area contributed by atoms with Gasteiger partial charge in [0.25, 0.3) is 0 Å². The Hall–Kier alpha value is -0.950. The fourth-order valence-corrected chi connectivity index (χ4v) is 3.55. The Kier molecular flexibility index (Phi) is 4.90. The van der Waals surface area contributed by atoms with Gasteiger partial charge in [-0.3, -0.25) is 5.43 Å². The van der Waals surface area contributed by atoms with Crippen LogP contribution in [0.3, 0.4) is 0 Å². The highest BCUT2D eigenvalue weighted by Gasteiger charge is 2.15. The van der Waals surface area contributed by atoms with Crippen molar-refractivity contribution in [1.29, 1.82) is 0 Å². The maximum atomic E-state index is 4.62. The number of anilines is 1. The summed E-state index contributed by atoms with van der Waals surface area (Å²) >= 11 is 3.92. The van der Waals surface area contributed by atoms with Gasteiger partial charge in [-0.05, 0) is 59.9 Å². The van der Waals surface area contributed by atoms with Gasteiger partial charge in [0.15, 0.2) is 0 Å². The number of nitrogens with zero attached hydrogens (tertiary/aromatic N) is 2. The summed E-state index contributed by atoms with van der Waals surface area (Å²) in [5.41, 5.74) is 6.59. The molecule has 1 aromatic carbocycles. The summed E-state index contributed by atoms with van der Waals surface area (Å²) in [6, 6.07) is 8.42. The summed E-state index contributed by atoms with van der Waals surface area (Å²) < 4.78 is 1.24. The third-order valence-electron chi connectivity index (χ3n) is 3.83. The molecule has 110 valence electrons. The Morgan fingerprint density at radius 2 is 2.10 bits per heavy atom. The van der Waals surface area contributed by atoms with Gasteiger partial charge in [-0.25, -0.2) is 4.98 Å². The minimum absolute atomic E-state index is 0.599. The van der Waals surface area contributed by atoms with E-state index in [0.717, 1.165) is 22.8 Å². The molecular formula is C16H18IN3S. The minimum atomic E-state index is 0.599. The average molecular weight is 411 g/mol. The molecule has 0 bridgehead atoms. The van der Waals surface area contributed by atoms with E-state index in [1.54, 1.807) is 11.3 Å². The second-order valence-corrected chi connectivity index (χ2v) is 7.51. The fourth-order valence-electron chi connectivity index (χ4n) is 2.53. The summed E-state index contributed by atoms with van der Waals surface area (Å²) in [4.78, 5) is 4.62. The monoisotopic (exact) mass is 411 g/mol. The first-order valence-corrected chi connectivity index (χ1v) is 9.22. The van der Waals surface area contributed by atoms with Crippen LogP contribution in [0, 0.1) is 9.49 Å². The smallest absolute Gasteiger partial charge is 0.203 e. The molecule has 0 aliphatic heterocycles. The van der Waals surface area contributed by atoms with Crippen LogP contribution < -0.4 is 5.43 Å². The molecule has 1 unspecified atom stereocenters. The standard InChI is InChI=1S/C16H18IN3S/c1-11-4-2-3-5-14(11)19-20-16-18-15(10-21-16)12-6-8-13(17)9-7-12/h6-11H,2-5H2,1H3,(H,18,20)/b19-14-. The first kappa shape index (κ1) is 15.0. The van der Waals surface area contributed by atoms with Gasteiger partial charge >= 0.3 is 0 Å². The maximum Gasteiger partial charge on any atom is 0.203 e. The molecule has 0 amide bonds. The predicted molar refractivity (Wildman–Crippen MR) is 99.0 cm³/mol. The lowest BCUT2D eigenvalue weighted by Gasteiger charge is -2.19. The van der Waals surface area contributed by atoms with E-state index in [0.29, 0.717) is 5.92 Å². The Labute approximate surface area is 143 Å². The van der Waals surface area contributed by atoms with E-state index in [1.165, 1.54) is 28.5 Å². The first-order valence-electron chi connectivity index (χ1n) is 7.26. The average Bonchev–Trinajstić information content (AvgIpc) is 2.96. The van der Waals surface area contributed by atoms with Crippen LogP contribution in [0.25, 0.3) is 11.3 Å². The van der Waals surface area contributed by atoms with Crippen molar-refractivity contribution in [2.75, 3.05) is 5.43 Å². The lowest BCUT2D eigenvalue weighted by Crippen LogP contribution is -2.17. The van der Waals surface area contributed by atoms with Crippen molar-refractivity contribution in [3.8, 4) is 11.3 Å². The summed E-state index contributed by atoms with van der Waals surface area (Å²) in [5.74, 6) is 0.599. The summed E-state index contributed by atoms with van der Waals surface area (Å²) in [7, 11) is 0. The fraction of sp³-hybridized carbons (Fsp3) is 0.375. The molecule has 1 heterocycles. The number of aromatic nitrogens is 1. The van der Waals surface area contributed by atoms with Crippen LogP contribution in [0.5, 0.6) is 0 Å². The molecule has 1 aromatic heterocycles. The normalized spacial score (nSPS) is 20.7. The number of halogens is 1. The second-order valence-electron chi connectivity index (χ2n) is 5.41. The highest BCUT2D eigenvalue weighted by Crippen LogP contribution is 2.26. The second kappa shape index (κ2) is 6.87. The van der Waals surface area contributed by atoms with Crippen LogP contribution in [0.1, 0.15) is 32.6 Å². The van der Waals surface area contributed by atoms with Crippen LogP contribution in [-0.2, 0) is 0 Å². The van der Waals surface area contributed by atoms with E-state index in [4.69, 9.17) is 0 Å². The summed E-state index contributed by atoms with van der Waals surface area (Å²) in [6.45, 7) is 2.26. The number of hydrazone groups is 1. The van der Waals surface area contributed by atoms with Crippen molar-refractivity contribution in [2.45, 2.75) is 32.6 Å². The van der Waals surface area contributed by atoms with E-state index in [2.05, 4.69) is 74.7 Å². The van der Waals surface area contributed by atoms with Gasteiger partial charge in [0.05, 0.1) is 5.69 Å². The molecule has 0 spiro atoms. The SMILES string of the molecule is CC1CCCC/C1=N/Nc1nc(-c2ccc(I)cc2)cs1. The molecule has 1 fully saturated rings. The third-order valence-corrected chi connectivity index (χ3v) is 5.29. The first-order chi connectivity index (χ1) is 10.2. The Bertz CT molecular complexity index is 633. The zero-order chi connectivity index (χ0) is 14.7. The van der Waals surface area contributed by atoms with Crippen LogP contribution in [0.15, 0.2) is 34.7 Å². The van der Waals surface area contributed by atoms with E-state index >= 15 is 0 Å². The van der Waals surface area contributed by atoms with E-state index in [1.807, 2.05) is 0 Å². The molecule has 1 atom stereocenters. The van der Waals surface area contributed by atoms with E-state index in [-0.39, 0.29) is 0 Å². The van der Waals surface area contributed by atoms with Crippen molar-refractivity contribution in [2.24, 2.45) is 11.0 Å². The van der Waals surface area contributed by atoms with Crippen LogP contribution in [-0.4, -0.2) is 10.7 Å². The Balaban J connectivity index is 1.70. The number of rotatable bonds is 3. The van der Waals surface area contributed by atoms with Gasteiger partial charge < -0.3 is 0 Å². The lowest BCUT2D eigenvalue weighted by molar-refractivity contribution is 0.558. The van der Waals surface area contributed by atoms with Gasteiger partial charge in [0.2, 0.25) is 5.13 Å².